The number of hydrogen-bond acceptors (Lipinski definition) is 5. The summed E-state index contributed by atoms with van der Waals surface area (Å²) in [5.74, 6) is 0.653. The van der Waals surface area contributed by atoms with Crippen molar-refractivity contribution in [1.82, 2.24) is 10.3 Å². The van der Waals surface area contributed by atoms with Crippen LogP contribution in [0.2, 0.25) is 0 Å². The molecule has 1 aliphatic rings. The van der Waals surface area contributed by atoms with Crippen LogP contribution in [0.3, 0.4) is 0 Å². The van der Waals surface area contributed by atoms with E-state index in [0.717, 1.165) is 6.42 Å². The van der Waals surface area contributed by atoms with Crippen LogP contribution in [0, 0.1) is 17.0 Å². The molecule has 1 atom stereocenters. The van der Waals surface area contributed by atoms with Gasteiger partial charge in [-0.2, -0.15) is 0 Å². The molecule has 1 aromatic heterocycles. The Bertz CT molecular complexity index is 479. The fourth-order valence-corrected chi connectivity index (χ4v) is 1.88. The molecule has 1 aromatic rings. The average molecular weight is 250 g/mol. The van der Waals surface area contributed by atoms with Gasteiger partial charge in [0.15, 0.2) is 0 Å². The van der Waals surface area contributed by atoms with Gasteiger partial charge in [-0.15, -0.1) is 0 Å². The van der Waals surface area contributed by atoms with Crippen LogP contribution in [0.4, 0.5) is 11.5 Å². The fraction of sp³-hybridized carbons (Fsp3) is 0.455. The third kappa shape index (κ3) is 2.73. The second-order valence-corrected chi connectivity index (χ2v) is 4.30. The molecule has 0 aliphatic carbocycles. The molecule has 2 rings (SSSR count). The number of piperidine rings is 1. The maximum Gasteiger partial charge on any atom is 0.290 e. The van der Waals surface area contributed by atoms with Crippen molar-refractivity contribution in [2.75, 3.05) is 11.9 Å². The summed E-state index contributed by atoms with van der Waals surface area (Å²) in [6.45, 7) is 2.23. The molecule has 0 bridgehead atoms. The minimum absolute atomic E-state index is 0.0116. The molecular formula is C11H14N4O3. The van der Waals surface area contributed by atoms with Crippen LogP contribution in [0.25, 0.3) is 0 Å². The number of pyridine rings is 1. The molecule has 0 spiro atoms. The Hall–Kier alpha value is -2.18. The first-order valence-corrected chi connectivity index (χ1v) is 5.70. The topological polar surface area (TPSA) is 97.2 Å². The number of carbonyl (C=O) groups excluding carboxylic acids is 1. The molecule has 1 saturated heterocycles. The molecule has 0 radical (unpaired) electrons. The number of hydrogen-bond donors (Lipinski definition) is 2. The normalized spacial score (nSPS) is 19.2. The number of carbonyl (C=O) groups is 1. The quantitative estimate of drug-likeness (QED) is 0.615. The van der Waals surface area contributed by atoms with Gasteiger partial charge in [0.1, 0.15) is 12.0 Å². The zero-order valence-electron chi connectivity index (χ0n) is 9.97. The summed E-state index contributed by atoms with van der Waals surface area (Å²) >= 11 is 0. The Labute approximate surface area is 104 Å². The van der Waals surface area contributed by atoms with Crippen LogP contribution in [-0.2, 0) is 4.79 Å². The lowest BCUT2D eigenvalue weighted by atomic mass is 10.1. The molecular weight excluding hydrogens is 236 g/mol. The number of aromatic nitrogens is 1. The van der Waals surface area contributed by atoms with Gasteiger partial charge in [0.05, 0.1) is 4.92 Å². The minimum atomic E-state index is -0.451. The first kappa shape index (κ1) is 12.3. The van der Waals surface area contributed by atoms with E-state index in [-0.39, 0.29) is 17.6 Å². The Balaban J connectivity index is 2.04. The highest BCUT2D eigenvalue weighted by Crippen LogP contribution is 2.20. The number of nitrogens with one attached hydrogen (secondary N) is 2. The zero-order valence-corrected chi connectivity index (χ0v) is 9.97. The monoisotopic (exact) mass is 250 g/mol. The van der Waals surface area contributed by atoms with Gasteiger partial charge in [-0.25, -0.2) is 4.98 Å². The first-order valence-electron chi connectivity index (χ1n) is 5.70. The number of anilines is 1. The van der Waals surface area contributed by atoms with Crippen molar-refractivity contribution in [3.05, 3.63) is 27.9 Å². The van der Waals surface area contributed by atoms with Gasteiger partial charge < -0.3 is 10.6 Å². The van der Waals surface area contributed by atoms with Crippen molar-refractivity contribution in [2.45, 2.75) is 25.8 Å². The van der Waals surface area contributed by atoms with Crippen LogP contribution >= 0.6 is 0 Å². The standard InChI is InChI=1S/C11H14N4O3/c1-7-4-10(12-6-9(7)15(17)18)14-8-2-3-11(16)13-5-8/h4,6,8H,2-3,5H2,1H3,(H,12,14)(H,13,16)/t8-/m0/s1. The predicted octanol–water partition coefficient (Wildman–Crippen LogP) is 0.989. The highest BCUT2D eigenvalue weighted by atomic mass is 16.6. The van der Waals surface area contributed by atoms with E-state index < -0.39 is 4.92 Å². The SMILES string of the molecule is Cc1cc(N[C@H]2CCC(=O)NC2)ncc1[N+](=O)[O-]. The molecule has 7 nitrogen and oxygen atoms in total. The smallest absolute Gasteiger partial charge is 0.290 e. The Kier molecular flexibility index (Phi) is 3.40. The Morgan fingerprint density at radius 2 is 2.39 bits per heavy atom. The highest BCUT2D eigenvalue weighted by Gasteiger charge is 2.19. The van der Waals surface area contributed by atoms with Crippen LogP contribution in [0.5, 0.6) is 0 Å². The van der Waals surface area contributed by atoms with Crippen LogP contribution in [0.1, 0.15) is 18.4 Å². The van der Waals surface area contributed by atoms with Crippen molar-refractivity contribution in [1.29, 1.82) is 0 Å². The summed E-state index contributed by atoms with van der Waals surface area (Å²) in [6, 6.07) is 1.77. The van der Waals surface area contributed by atoms with Gasteiger partial charge in [-0.05, 0) is 19.4 Å². The second kappa shape index (κ2) is 4.99. The van der Waals surface area contributed by atoms with Crippen molar-refractivity contribution < 1.29 is 9.72 Å². The van der Waals surface area contributed by atoms with E-state index >= 15 is 0 Å². The van der Waals surface area contributed by atoms with Gasteiger partial charge in [-0.3, -0.25) is 14.9 Å². The van der Waals surface area contributed by atoms with Crippen LogP contribution < -0.4 is 10.6 Å². The van der Waals surface area contributed by atoms with E-state index in [0.29, 0.717) is 24.3 Å². The predicted molar refractivity (Wildman–Crippen MR) is 65.3 cm³/mol. The summed E-state index contributed by atoms with van der Waals surface area (Å²) in [5.41, 5.74) is 0.579. The van der Waals surface area contributed by atoms with E-state index in [4.69, 9.17) is 0 Å². The largest absolute Gasteiger partial charge is 0.366 e. The lowest BCUT2D eigenvalue weighted by Gasteiger charge is -2.23. The van der Waals surface area contributed by atoms with Gasteiger partial charge >= 0.3 is 0 Å². The van der Waals surface area contributed by atoms with Crippen LogP contribution in [-0.4, -0.2) is 28.4 Å². The summed E-state index contributed by atoms with van der Waals surface area (Å²) in [4.78, 5) is 25.2. The third-order valence-electron chi connectivity index (χ3n) is 2.90. The lowest BCUT2D eigenvalue weighted by Crippen LogP contribution is -2.42. The van der Waals surface area contributed by atoms with E-state index in [2.05, 4.69) is 15.6 Å². The number of rotatable bonds is 3. The van der Waals surface area contributed by atoms with Crippen molar-refractivity contribution in [3.8, 4) is 0 Å². The molecule has 0 aromatic carbocycles. The third-order valence-corrected chi connectivity index (χ3v) is 2.90. The fourth-order valence-electron chi connectivity index (χ4n) is 1.88. The number of amides is 1. The van der Waals surface area contributed by atoms with Crippen LogP contribution in [0.15, 0.2) is 12.3 Å². The van der Waals surface area contributed by atoms with E-state index in [9.17, 15) is 14.9 Å². The van der Waals surface area contributed by atoms with E-state index in [1.54, 1.807) is 13.0 Å². The van der Waals surface area contributed by atoms with Gasteiger partial charge in [0.25, 0.3) is 5.69 Å². The maximum atomic E-state index is 11.0. The molecule has 0 unspecified atom stereocenters. The molecule has 2 N–H and O–H groups in total. The molecule has 96 valence electrons. The molecule has 2 heterocycles. The minimum Gasteiger partial charge on any atom is -0.366 e. The summed E-state index contributed by atoms with van der Waals surface area (Å²) in [5, 5.41) is 16.6. The Morgan fingerprint density at radius 3 is 2.94 bits per heavy atom. The van der Waals surface area contributed by atoms with Gasteiger partial charge in [0.2, 0.25) is 5.91 Å². The molecule has 1 amide bonds. The van der Waals surface area contributed by atoms with Crippen molar-refractivity contribution in [2.24, 2.45) is 0 Å². The number of nitrogens with zero attached hydrogens (tertiary/aromatic N) is 2. The highest BCUT2D eigenvalue weighted by molar-refractivity contribution is 5.77. The molecule has 0 saturated carbocycles. The van der Waals surface area contributed by atoms with E-state index in [1.807, 2.05) is 0 Å². The summed E-state index contributed by atoms with van der Waals surface area (Å²) in [7, 11) is 0. The van der Waals surface area contributed by atoms with Gasteiger partial charge in [-0.1, -0.05) is 0 Å². The number of aryl methyl sites for hydroxylation is 1. The first-order chi connectivity index (χ1) is 8.56. The van der Waals surface area contributed by atoms with Crippen molar-refractivity contribution >= 4 is 17.4 Å². The summed E-state index contributed by atoms with van der Waals surface area (Å²) < 4.78 is 0. The molecule has 1 aliphatic heterocycles. The molecule has 7 heteroatoms. The molecule has 1 fully saturated rings. The van der Waals surface area contributed by atoms with Gasteiger partial charge in [0, 0.05) is 24.6 Å². The lowest BCUT2D eigenvalue weighted by molar-refractivity contribution is -0.385. The second-order valence-electron chi connectivity index (χ2n) is 4.30. The van der Waals surface area contributed by atoms with Crippen molar-refractivity contribution in [3.63, 3.8) is 0 Å². The zero-order chi connectivity index (χ0) is 13.1. The maximum absolute atomic E-state index is 11.0. The average Bonchev–Trinajstić information content (AvgIpc) is 2.32. The Morgan fingerprint density at radius 1 is 1.61 bits per heavy atom. The summed E-state index contributed by atoms with van der Waals surface area (Å²) in [6.07, 6.45) is 2.48. The number of nitro groups is 1. The van der Waals surface area contributed by atoms with E-state index in [1.165, 1.54) is 6.20 Å². The molecule has 18 heavy (non-hydrogen) atoms.